The lowest BCUT2D eigenvalue weighted by molar-refractivity contribution is -0.113. The highest BCUT2D eigenvalue weighted by atomic mass is 32.2. The second-order valence-electron chi connectivity index (χ2n) is 5.72. The highest BCUT2D eigenvalue weighted by molar-refractivity contribution is 7.99. The number of carbonyl (C=O) groups is 1. The Morgan fingerprint density at radius 1 is 1.32 bits per heavy atom. The minimum absolute atomic E-state index is 0.0768. The fourth-order valence-electron chi connectivity index (χ4n) is 2.45. The molecule has 0 aliphatic carbocycles. The van der Waals surface area contributed by atoms with Gasteiger partial charge in [0.05, 0.1) is 22.8 Å². The molecule has 0 atom stereocenters. The van der Waals surface area contributed by atoms with E-state index in [1.807, 2.05) is 44.0 Å². The minimum Gasteiger partial charge on any atom is -0.322 e. The summed E-state index contributed by atoms with van der Waals surface area (Å²) in [6.45, 7) is 3.82. The van der Waals surface area contributed by atoms with E-state index in [1.54, 1.807) is 16.0 Å². The van der Waals surface area contributed by atoms with Gasteiger partial charge < -0.3 is 9.88 Å². The smallest absolute Gasteiger partial charge is 0.234 e. The molecule has 7 nitrogen and oxygen atoms in total. The van der Waals surface area contributed by atoms with E-state index >= 15 is 0 Å². The zero-order valence-electron chi connectivity index (χ0n) is 14.6. The Balaban J connectivity index is 1.60. The van der Waals surface area contributed by atoms with Gasteiger partial charge in [-0.1, -0.05) is 17.8 Å². The maximum absolute atomic E-state index is 12.2. The summed E-state index contributed by atoms with van der Waals surface area (Å²) < 4.78 is 3.70. The Hall–Kier alpha value is -2.13. The van der Waals surface area contributed by atoms with Crippen molar-refractivity contribution in [3.63, 3.8) is 0 Å². The molecule has 0 radical (unpaired) electrons. The third-order valence-electron chi connectivity index (χ3n) is 3.94. The van der Waals surface area contributed by atoms with Crippen molar-refractivity contribution in [2.24, 2.45) is 14.1 Å². The molecule has 0 aliphatic heterocycles. The highest BCUT2D eigenvalue weighted by Gasteiger charge is 2.15. The fourth-order valence-corrected chi connectivity index (χ4v) is 3.89. The number of thiophene rings is 1. The van der Waals surface area contributed by atoms with Crippen LogP contribution < -0.4 is 5.32 Å². The molecule has 0 bridgehead atoms. The van der Waals surface area contributed by atoms with Crippen LogP contribution in [-0.4, -0.2) is 36.2 Å². The minimum atomic E-state index is -0.0768. The summed E-state index contributed by atoms with van der Waals surface area (Å²) in [5.74, 6) is 1.09. The predicted octanol–water partition coefficient (Wildman–Crippen LogP) is 2.55. The van der Waals surface area contributed by atoms with Crippen LogP contribution in [0.3, 0.4) is 0 Å². The van der Waals surface area contributed by atoms with Gasteiger partial charge in [-0.05, 0) is 25.3 Å². The molecule has 0 aliphatic rings. The SMILES string of the molecule is Cc1nn(C)c(C)c1NC(=O)CSc1nnc(Cc2cccs2)n1C. The van der Waals surface area contributed by atoms with Crippen LogP contribution >= 0.6 is 23.1 Å². The molecule has 0 saturated carbocycles. The van der Waals surface area contributed by atoms with Gasteiger partial charge in [0.1, 0.15) is 5.82 Å². The summed E-state index contributed by atoms with van der Waals surface area (Å²) >= 11 is 3.08. The summed E-state index contributed by atoms with van der Waals surface area (Å²) in [5.41, 5.74) is 2.53. The van der Waals surface area contributed by atoms with E-state index < -0.39 is 0 Å². The van der Waals surface area contributed by atoms with E-state index in [-0.39, 0.29) is 11.7 Å². The number of aryl methyl sites for hydroxylation is 2. The Kier molecular flexibility index (Phi) is 5.24. The molecule has 3 rings (SSSR count). The molecule has 9 heteroatoms. The first-order chi connectivity index (χ1) is 12.0. The first kappa shape index (κ1) is 17.7. The molecule has 1 amide bonds. The van der Waals surface area contributed by atoms with Gasteiger partial charge in [-0.25, -0.2) is 0 Å². The lowest BCUT2D eigenvalue weighted by Crippen LogP contribution is -2.15. The first-order valence-electron chi connectivity index (χ1n) is 7.79. The van der Waals surface area contributed by atoms with Gasteiger partial charge >= 0.3 is 0 Å². The van der Waals surface area contributed by atoms with E-state index in [1.165, 1.54) is 16.6 Å². The topological polar surface area (TPSA) is 77.6 Å². The standard InChI is InChI=1S/C16H20N6OS2/c1-10-15(11(2)22(4)20-10)17-14(23)9-25-16-19-18-13(21(16)3)8-12-6-5-7-24-12/h5-7H,8-9H2,1-4H3,(H,17,23). The molecule has 25 heavy (non-hydrogen) atoms. The second kappa shape index (κ2) is 7.40. The number of rotatable bonds is 6. The van der Waals surface area contributed by atoms with Crippen LogP contribution in [0, 0.1) is 13.8 Å². The van der Waals surface area contributed by atoms with Gasteiger partial charge in [-0.2, -0.15) is 5.10 Å². The van der Waals surface area contributed by atoms with Crippen LogP contribution in [0.5, 0.6) is 0 Å². The molecule has 0 saturated heterocycles. The van der Waals surface area contributed by atoms with Crippen LogP contribution in [0.2, 0.25) is 0 Å². The maximum atomic E-state index is 12.2. The van der Waals surface area contributed by atoms with Crippen LogP contribution in [-0.2, 0) is 25.3 Å². The zero-order valence-corrected chi connectivity index (χ0v) is 16.2. The van der Waals surface area contributed by atoms with E-state index in [0.717, 1.165) is 34.5 Å². The highest BCUT2D eigenvalue weighted by Crippen LogP contribution is 2.21. The van der Waals surface area contributed by atoms with Crippen LogP contribution in [0.4, 0.5) is 5.69 Å². The average Bonchev–Trinajstić information content (AvgIpc) is 3.26. The monoisotopic (exact) mass is 376 g/mol. The Morgan fingerprint density at radius 3 is 2.76 bits per heavy atom. The number of carbonyl (C=O) groups excluding carboxylic acids is 1. The molecule has 1 N–H and O–H groups in total. The average molecular weight is 377 g/mol. The molecule has 0 unspecified atom stereocenters. The van der Waals surface area contributed by atoms with Crippen molar-refractivity contribution in [2.75, 3.05) is 11.1 Å². The number of hydrogen-bond donors (Lipinski definition) is 1. The van der Waals surface area contributed by atoms with Gasteiger partial charge in [-0.15, -0.1) is 21.5 Å². The summed E-state index contributed by atoms with van der Waals surface area (Å²) in [5, 5.41) is 18.5. The van der Waals surface area contributed by atoms with Crippen molar-refractivity contribution in [3.8, 4) is 0 Å². The van der Waals surface area contributed by atoms with Crippen LogP contribution in [0.1, 0.15) is 22.1 Å². The van der Waals surface area contributed by atoms with E-state index in [4.69, 9.17) is 0 Å². The number of anilines is 1. The van der Waals surface area contributed by atoms with Gasteiger partial charge in [0, 0.05) is 25.4 Å². The lowest BCUT2D eigenvalue weighted by Gasteiger charge is -2.06. The molecule has 132 valence electrons. The summed E-state index contributed by atoms with van der Waals surface area (Å²) in [6, 6.07) is 4.11. The van der Waals surface area contributed by atoms with E-state index in [0.29, 0.717) is 0 Å². The number of hydrogen-bond acceptors (Lipinski definition) is 6. The summed E-state index contributed by atoms with van der Waals surface area (Å²) in [7, 11) is 3.79. The largest absolute Gasteiger partial charge is 0.322 e. The number of nitrogens with zero attached hydrogens (tertiary/aromatic N) is 5. The maximum Gasteiger partial charge on any atom is 0.234 e. The van der Waals surface area contributed by atoms with Crippen LogP contribution in [0.15, 0.2) is 22.7 Å². The van der Waals surface area contributed by atoms with Crippen molar-refractivity contribution in [1.82, 2.24) is 24.5 Å². The van der Waals surface area contributed by atoms with Crippen molar-refractivity contribution < 1.29 is 4.79 Å². The quantitative estimate of drug-likeness (QED) is 0.669. The lowest BCUT2D eigenvalue weighted by atomic mass is 10.3. The van der Waals surface area contributed by atoms with E-state index in [2.05, 4.69) is 26.7 Å². The third kappa shape index (κ3) is 3.93. The van der Waals surface area contributed by atoms with Gasteiger partial charge in [0.25, 0.3) is 0 Å². The normalized spacial score (nSPS) is 11.0. The molecule has 3 aromatic heterocycles. The van der Waals surface area contributed by atoms with E-state index in [9.17, 15) is 4.79 Å². The Morgan fingerprint density at radius 2 is 2.12 bits per heavy atom. The number of nitrogens with one attached hydrogen (secondary N) is 1. The molecule has 0 aromatic carbocycles. The number of amides is 1. The fraction of sp³-hybridized carbons (Fsp3) is 0.375. The summed E-state index contributed by atoms with van der Waals surface area (Å²) in [6.07, 6.45) is 0.752. The molecular weight excluding hydrogens is 356 g/mol. The number of thioether (sulfide) groups is 1. The predicted molar refractivity (Wildman–Crippen MR) is 100 cm³/mol. The van der Waals surface area contributed by atoms with Crippen LogP contribution in [0.25, 0.3) is 0 Å². The Labute approximate surface area is 154 Å². The first-order valence-corrected chi connectivity index (χ1v) is 9.65. The zero-order chi connectivity index (χ0) is 18.0. The summed E-state index contributed by atoms with van der Waals surface area (Å²) in [4.78, 5) is 13.5. The molecule has 3 aromatic rings. The molecule has 3 heterocycles. The molecule has 0 spiro atoms. The van der Waals surface area contributed by atoms with Gasteiger partial charge in [0.15, 0.2) is 5.16 Å². The second-order valence-corrected chi connectivity index (χ2v) is 7.69. The van der Waals surface area contributed by atoms with Crippen molar-refractivity contribution >= 4 is 34.7 Å². The van der Waals surface area contributed by atoms with Gasteiger partial charge in [0.2, 0.25) is 5.91 Å². The third-order valence-corrected chi connectivity index (χ3v) is 5.84. The molecule has 0 fully saturated rings. The number of aromatic nitrogens is 5. The van der Waals surface area contributed by atoms with Gasteiger partial charge in [-0.3, -0.25) is 9.48 Å². The van der Waals surface area contributed by atoms with Crippen molar-refractivity contribution in [1.29, 1.82) is 0 Å². The Bertz CT molecular complexity index is 881. The van der Waals surface area contributed by atoms with Crippen molar-refractivity contribution in [3.05, 3.63) is 39.6 Å². The van der Waals surface area contributed by atoms with Crippen molar-refractivity contribution in [2.45, 2.75) is 25.4 Å². The molecular formula is C16H20N6OS2.